The Balaban J connectivity index is 1.56. The van der Waals surface area contributed by atoms with E-state index in [1.807, 2.05) is 36.4 Å². The fourth-order valence-corrected chi connectivity index (χ4v) is 3.35. The number of pyridine rings is 1. The van der Waals surface area contributed by atoms with Gasteiger partial charge in [0, 0.05) is 35.2 Å². The van der Waals surface area contributed by atoms with E-state index in [4.69, 9.17) is 16.3 Å². The Morgan fingerprint density at radius 3 is 2.38 bits per heavy atom. The zero-order valence-electron chi connectivity index (χ0n) is 16.7. The number of hydrogen-bond acceptors (Lipinski definition) is 5. The molecule has 3 heterocycles. The van der Waals surface area contributed by atoms with Crippen LogP contribution in [-0.4, -0.2) is 24.3 Å². The van der Waals surface area contributed by atoms with Gasteiger partial charge in [0.1, 0.15) is 5.69 Å². The van der Waals surface area contributed by atoms with Gasteiger partial charge < -0.3 is 9.30 Å². The third kappa shape index (κ3) is 3.89. The molecule has 0 N–H and O–H groups in total. The standard InChI is InChI=1S/C24H16ClN5O2/c25-19-7-9-20(10-8-19)30-24(31)23(21(15-28-30)29-13-12-26-16-29)32-22-11-6-18(14-27-22)17-4-2-1-3-5-17/h1-16H. The largest absolute Gasteiger partial charge is 0.431 e. The summed E-state index contributed by atoms with van der Waals surface area (Å²) in [5.41, 5.74) is 2.56. The zero-order chi connectivity index (χ0) is 21.9. The highest BCUT2D eigenvalue weighted by Crippen LogP contribution is 2.26. The molecule has 0 saturated heterocycles. The van der Waals surface area contributed by atoms with Crippen molar-refractivity contribution in [3.8, 4) is 34.1 Å². The van der Waals surface area contributed by atoms with E-state index in [2.05, 4.69) is 15.1 Å². The summed E-state index contributed by atoms with van der Waals surface area (Å²) in [6, 6.07) is 20.3. The molecule has 156 valence electrons. The van der Waals surface area contributed by atoms with Crippen molar-refractivity contribution in [1.29, 1.82) is 0 Å². The van der Waals surface area contributed by atoms with Gasteiger partial charge >= 0.3 is 5.56 Å². The second-order valence-electron chi connectivity index (χ2n) is 6.88. The minimum absolute atomic E-state index is 0.0768. The normalized spacial score (nSPS) is 10.8. The van der Waals surface area contributed by atoms with E-state index in [-0.39, 0.29) is 11.6 Å². The van der Waals surface area contributed by atoms with Crippen LogP contribution >= 0.6 is 11.6 Å². The van der Waals surface area contributed by atoms with Crippen LogP contribution in [0.25, 0.3) is 22.5 Å². The fraction of sp³-hybridized carbons (Fsp3) is 0. The highest BCUT2D eigenvalue weighted by molar-refractivity contribution is 6.30. The quantitative estimate of drug-likeness (QED) is 0.386. The van der Waals surface area contributed by atoms with E-state index in [0.29, 0.717) is 16.4 Å². The van der Waals surface area contributed by atoms with Gasteiger partial charge in [0.2, 0.25) is 11.6 Å². The fourth-order valence-electron chi connectivity index (χ4n) is 3.22. The third-order valence-electron chi connectivity index (χ3n) is 4.82. The maximum absolute atomic E-state index is 13.3. The maximum Gasteiger partial charge on any atom is 0.316 e. The number of nitrogens with zero attached hydrogens (tertiary/aromatic N) is 5. The molecule has 0 radical (unpaired) electrons. The summed E-state index contributed by atoms with van der Waals surface area (Å²) in [5, 5.41) is 4.87. The molecule has 0 aliphatic rings. The van der Waals surface area contributed by atoms with Crippen molar-refractivity contribution < 1.29 is 4.74 Å². The topological polar surface area (TPSA) is 74.8 Å². The van der Waals surface area contributed by atoms with E-state index >= 15 is 0 Å². The number of hydrogen-bond donors (Lipinski definition) is 0. The summed E-state index contributed by atoms with van der Waals surface area (Å²) in [5.74, 6) is 0.366. The Morgan fingerprint density at radius 1 is 0.875 bits per heavy atom. The predicted molar refractivity (Wildman–Crippen MR) is 122 cm³/mol. The summed E-state index contributed by atoms with van der Waals surface area (Å²) in [7, 11) is 0. The Kier molecular flexibility index (Phi) is 5.23. The van der Waals surface area contributed by atoms with Gasteiger partial charge in [-0.05, 0) is 35.9 Å². The first-order valence-corrected chi connectivity index (χ1v) is 10.1. The van der Waals surface area contributed by atoms with Gasteiger partial charge in [-0.3, -0.25) is 4.79 Å². The number of benzene rings is 2. The Labute approximate surface area is 188 Å². The molecule has 5 aromatic rings. The summed E-state index contributed by atoms with van der Waals surface area (Å²) < 4.78 is 8.90. The second kappa shape index (κ2) is 8.49. The van der Waals surface area contributed by atoms with Crippen LogP contribution in [0, 0.1) is 0 Å². The Hall–Kier alpha value is -4.23. The van der Waals surface area contributed by atoms with Gasteiger partial charge in [0.15, 0.2) is 0 Å². The maximum atomic E-state index is 13.3. The molecule has 0 atom stereocenters. The van der Waals surface area contributed by atoms with Crippen LogP contribution in [0.15, 0.2) is 103 Å². The number of halogens is 1. The highest BCUT2D eigenvalue weighted by Gasteiger charge is 2.17. The van der Waals surface area contributed by atoms with Gasteiger partial charge in [-0.25, -0.2) is 9.97 Å². The van der Waals surface area contributed by atoms with Gasteiger partial charge in [-0.1, -0.05) is 41.9 Å². The van der Waals surface area contributed by atoms with Crippen LogP contribution < -0.4 is 10.3 Å². The molecule has 8 heteroatoms. The molecule has 5 rings (SSSR count). The first-order valence-electron chi connectivity index (χ1n) is 9.75. The molecule has 0 bridgehead atoms. The van der Waals surface area contributed by atoms with Crippen LogP contribution in [0.5, 0.6) is 11.6 Å². The summed E-state index contributed by atoms with van der Waals surface area (Å²) in [6.07, 6.45) is 8.15. The highest BCUT2D eigenvalue weighted by atomic mass is 35.5. The molecule has 2 aromatic carbocycles. The van der Waals surface area contributed by atoms with Crippen molar-refractivity contribution in [1.82, 2.24) is 24.3 Å². The van der Waals surface area contributed by atoms with E-state index < -0.39 is 5.56 Å². The first kappa shape index (κ1) is 19.7. The monoisotopic (exact) mass is 441 g/mol. The zero-order valence-corrected chi connectivity index (χ0v) is 17.4. The summed E-state index contributed by atoms with van der Waals surface area (Å²) in [6.45, 7) is 0. The lowest BCUT2D eigenvalue weighted by molar-refractivity contribution is 0.447. The molecular weight excluding hydrogens is 426 g/mol. The minimum Gasteiger partial charge on any atom is -0.431 e. The minimum atomic E-state index is -0.438. The Morgan fingerprint density at radius 2 is 1.69 bits per heavy atom. The lowest BCUT2D eigenvalue weighted by Crippen LogP contribution is -2.24. The van der Waals surface area contributed by atoms with E-state index in [1.165, 1.54) is 4.68 Å². The van der Waals surface area contributed by atoms with Crippen molar-refractivity contribution in [2.45, 2.75) is 0 Å². The molecule has 0 saturated carbocycles. The number of aromatic nitrogens is 5. The molecule has 0 aliphatic heterocycles. The van der Waals surface area contributed by atoms with E-state index in [0.717, 1.165) is 11.1 Å². The molecule has 0 amide bonds. The van der Waals surface area contributed by atoms with Gasteiger partial charge in [0.05, 0.1) is 18.2 Å². The van der Waals surface area contributed by atoms with Crippen molar-refractivity contribution in [3.05, 3.63) is 113 Å². The molecule has 0 fully saturated rings. The third-order valence-corrected chi connectivity index (χ3v) is 5.07. The van der Waals surface area contributed by atoms with Crippen LogP contribution in [0.2, 0.25) is 5.02 Å². The molecular formula is C24H16ClN5O2. The van der Waals surface area contributed by atoms with Crippen LogP contribution in [0.1, 0.15) is 0 Å². The average Bonchev–Trinajstić information content (AvgIpc) is 3.37. The smallest absolute Gasteiger partial charge is 0.316 e. The van der Waals surface area contributed by atoms with Gasteiger partial charge in [0.25, 0.3) is 0 Å². The molecule has 0 unspecified atom stereocenters. The summed E-state index contributed by atoms with van der Waals surface area (Å²) in [4.78, 5) is 21.8. The first-order chi connectivity index (χ1) is 15.7. The second-order valence-corrected chi connectivity index (χ2v) is 7.31. The lowest BCUT2D eigenvalue weighted by Gasteiger charge is -2.13. The average molecular weight is 442 g/mol. The molecule has 0 aliphatic carbocycles. The molecule has 7 nitrogen and oxygen atoms in total. The van der Waals surface area contributed by atoms with Crippen molar-refractivity contribution in [3.63, 3.8) is 0 Å². The van der Waals surface area contributed by atoms with Crippen LogP contribution in [0.3, 0.4) is 0 Å². The van der Waals surface area contributed by atoms with Crippen molar-refractivity contribution in [2.24, 2.45) is 0 Å². The van der Waals surface area contributed by atoms with E-state index in [9.17, 15) is 4.79 Å². The molecule has 32 heavy (non-hydrogen) atoms. The van der Waals surface area contributed by atoms with Gasteiger partial charge in [-0.15, -0.1) is 0 Å². The van der Waals surface area contributed by atoms with Crippen LogP contribution in [0.4, 0.5) is 0 Å². The van der Waals surface area contributed by atoms with Gasteiger partial charge in [-0.2, -0.15) is 9.78 Å². The van der Waals surface area contributed by atoms with Crippen LogP contribution in [-0.2, 0) is 0 Å². The van der Waals surface area contributed by atoms with Crippen molar-refractivity contribution >= 4 is 11.6 Å². The number of imidazole rings is 1. The van der Waals surface area contributed by atoms with E-state index in [1.54, 1.807) is 66.0 Å². The van der Waals surface area contributed by atoms with Crippen molar-refractivity contribution in [2.75, 3.05) is 0 Å². The summed E-state index contributed by atoms with van der Waals surface area (Å²) >= 11 is 5.98. The molecule has 3 aromatic heterocycles. The molecule has 0 spiro atoms. The predicted octanol–water partition coefficient (Wildman–Crippen LogP) is 4.93. The number of ether oxygens (including phenoxy) is 1. The lowest BCUT2D eigenvalue weighted by atomic mass is 10.1. The Bertz CT molecular complexity index is 1400. The number of rotatable bonds is 5. The SMILES string of the molecule is O=c1c(Oc2ccc(-c3ccccc3)cn2)c(-n2ccnc2)cnn1-c1ccc(Cl)cc1.